The van der Waals surface area contributed by atoms with Crippen LogP contribution >= 0.6 is 0 Å². The third-order valence-electron chi connectivity index (χ3n) is 8.13. The van der Waals surface area contributed by atoms with Gasteiger partial charge in [0.15, 0.2) is 0 Å². The Bertz CT molecular complexity index is 565. The lowest BCUT2D eigenvalue weighted by Gasteiger charge is -2.37. The van der Waals surface area contributed by atoms with E-state index in [4.69, 9.17) is 0 Å². The van der Waals surface area contributed by atoms with Crippen molar-refractivity contribution >= 4 is 6.08 Å². The summed E-state index contributed by atoms with van der Waals surface area (Å²) in [4.78, 5) is 0. The zero-order valence-corrected chi connectivity index (χ0v) is 19.4. The summed E-state index contributed by atoms with van der Waals surface area (Å²) in [5, 5.41) is 0. The maximum Gasteiger partial charge on any atom is -0.0260 e. The smallest absolute Gasteiger partial charge is 0.0260 e. The molecule has 1 aromatic carbocycles. The summed E-state index contributed by atoms with van der Waals surface area (Å²) in [7, 11) is 0. The molecule has 2 fully saturated rings. The molecule has 0 heterocycles. The zero-order valence-electron chi connectivity index (χ0n) is 19.4. The topological polar surface area (TPSA) is 0 Å². The second-order valence-corrected chi connectivity index (χ2v) is 10.1. The predicted octanol–water partition coefficient (Wildman–Crippen LogP) is 9.24. The monoisotopic (exact) mass is 394 g/mol. The first-order chi connectivity index (χ1) is 14.3. The van der Waals surface area contributed by atoms with Crippen molar-refractivity contribution in [2.24, 2.45) is 23.7 Å². The van der Waals surface area contributed by atoms with Gasteiger partial charge in [-0.15, -0.1) is 0 Å². The molecule has 0 unspecified atom stereocenters. The van der Waals surface area contributed by atoms with Crippen molar-refractivity contribution < 1.29 is 0 Å². The van der Waals surface area contributed by atoms with Crippen LogP contribution in [0.5, 0.6) is 0 Å². The Labute approximate surface area is 181 Å². The number of unbranched alkanes of at least 4 members (excludes halogenated alkanes) is 2. The first kappa shape index (κ1) is 22.6. The van der Waals surface area contributed by atoms with E-state index in [1.165, 1.54) is 107 Å². The summed E-state index contributed by atoms with van der Waals surface area (Å²) < 4.78 is 0. The van der Waals surface area contributed by atoms with Crippen molar-refractivity contribution in [3.05, 3.63) is 41.5 Å². The predicted molar refractivity (Wildman–Crippen MR) is 129 cm³/mol. The van der Waals surface area contributed by atoms with E-state index in [1.54, 1.807) is 0 Å². The largest absolute Gasteiger partial charge is 0.0839 e. The normalized spacial score (nSPS) is 28.1. The Balaban J connectivity index is 1.30. The Kier molecular flexibility index (Phi) is 9.84. The minimum Gasteiger partial charge on any atom is -0.0839 e. The molecule has 2 saturated carbocycles. The Morgan fingerprint density at radius 3 is 1.97 bits per heavy atom. The zero-order chi connectivity index (χ0) is 20.3. The van der Waals surface area contributed by atoms with Gasteiger partial charge >= 0.3 is 0 Å². The van der Waals surface area contributed by atoms with E-state index in [-0.39, 0.29) is 0 Å². The van der Waals surface area contributed by atoms with E-state index in [0.717, 1.165) is 23.7 Å². The molecule has 0 nitrogen and oxygen atoms in total. The highest BCUT2D eigenvalue weighted by Gasteiger charge is 2.30. The van der Waals surface area contributed by atoms with Crippen LogP contribution in [0.25, 0.3) is 6.08 Å². The molecule has 1 aromatic rings. The van der Waals surface area contributed by atoms with Gasteiger partial charge in [-0.05, 0) is 86.2 Å². The molecule has 3 rings (SSSR count). The van der Waals surface area contributed by atoms with Crippen LogP contribution in [0.15, 0.2) is 30.3 Å². The highest BCUT2D eigenvalue weighted by atomic mass is 14.4. The molecule has 162 valence electrons. The summed E-state index contributed by atoms with van der Waals surface area (Å²) in [5.41, 5.74) is 2.87. The van der Waals surface area contributed by atoms with E-state index >= 15 is 0 Å². The molecule has 0 bridgehead atoms. The standard InChI is InChI=1S/C29H46/c1-3-5-6-9-25-12-14-26(15-13-25)10-7-8-11-27-18-22-29(23-19-27)28-20-16-24(4-2)17-21-28/h7,10,12-15,24,27-29H,3-6,8-9,11,16-23H2,1-2H3/b10-7-. The number of hydrogen-bond donors (Lipinski definition) is 0. The quantitative estimate of drug-likeness (QED) is 0.347. The van der Waals surface area contributed by atoms with Crippen LogP contribution in [0, 0.1) is 23.7 Å². The Hall–Kier alpha value is -1.04. The number of rotatable bonds is 10. The number of aryl methyl sites for hydroxylation is 1. The molecule has 0 saturated heterocycles. The molecule has 0 heteroatoms. The van der Waals surface area contributed by atoms with Crippen LogP contribution in [0.1, 0.15) is 115 Å². The fraction of sp³-hybridized carbons (Fsp3) is 0.724. The first-order valence-corrected chi connectivity index (χ1v) is 13.0. The summed E-state index contributed by atoms with van der Waals surface area (Å²) in [5.74, 6) is 4.18. The lowest BCUT2D eigenvalue weighted by Crippen LogP contribution is -2.25. The molecule has 0 N–H and O–H groups in total. The van der Waals surface area contributed by atoms with Gasteiger partial charge in [0.2, 0.25) is 0 Å². The summed E-state index contributed by atoms with van der Waals surface area (Å²) in [6, 6.07) is 9.25. The third kappa shape index (κ3) is 7.62. The third-order valence-corrected chi connectivity index (χ3v) is 8.13. The molecular formula is C29H46. The Morgan fingerprint density at radius 1 is 0.759 bits per heavy atom. The van der Waals surface area contributed by atoms with Crippen molar-refractivity contribution in [1.29, 1.82) is 0 Å². The fourth-order valence-electron chi connectivity index (χ4n) is 5.94. The number of hydrogen-bond acceptors (Lipinski definition) is 0. The van der Waals surface area contributed by atoms with Crippen LogP contribution < -0.4 is 0 Å². The van der Waals surface area contributed by atoms with Crippen LogP contribution in [-0.2, 0) is 6.42 Å². The number of benzene rings is 1. The van der Waals surface area contributed by atoms with Crippen LogP contribution in [-0.4, -0.2) is 0 Å². The van der Waals surface area contributed by atoms with Crippen molar-refractivity contribution in [2.75, 3.05) is 0 Å². The van der Waals surface area contributed by atoms with E-state index in [2.05, 4.69) is 50.3 Å². The van der Waals surface area contributed by atoms with Gasteiger partial charge in [0.25, 0.3) is 0 Å². The van der Waals surface area contributed by atoms with E-state index in [1.807, 2.05) is 0 Å². The second-order valence-electron chi connectivity index (χ2n) is 10.1. The summed E-state index contributed by atoms with van der Waals surface area (Å²) >= 11 is 0. The molecule has 0 spiro atoms. The lowest BCUT2D eigenvalue weighted by atomic mass is 9.68. The molecule has 29 heavy (non-hydrogen) atoms. The van der Waals surface area contributed by atoms with Gasteiger partial charge in [0, 0.05) is 0 Å². The average Bonchev–Trinajstić information content (AvgIpc) is 2.78. The van der Waals surface area contributed by atoms with Gasteiger partial charge < -0.3 is 0 Å². The molecular weight excluding hydrogens is 348 g/mol. The Morgan fingerprint density at radius 2 is 1.38 bits per heavy atom. The van der Waals surface area contributed by atoms with Crippen LogP contribution in [0.3, 0.4) is 0 Å². The maximum absolute atomic E-state index is 2.42. The maximum atomic E-state index is 2.42. The van der Waals surface area contributed by atoms with Gasteiger partial charge in [-0.3, -0.25) is 0 Å². The fourth-order valence-corrected chi connectivity index (χ4v) is 5.94. The highest BCUT2D eigenvalue weighted by Crippen LogP contribution is 2.42. The molecule has 2 aliphatic carbocycles. The molecule has 0 atom stereocenters. The minimum absolute atomic E-state index is 0.990. The van der Waals surface area contributed by atoms with E-state index in [0.29, 0.717) is 0 Å². The molecule has 0 aliphatic heterocycles. The van der Waals surface area contributed by atoms with Gasteiger partial charge in [-0.2, -0.15) is 0 Å². The van der Waals surface area contributed by atoms with Crippen molar-refractivity contribution in [1.82, 2.24) is 0 Å². The first-order valence-electron chi connectivity index (χ1n) is 13.0. The summed E-state index contributed by atoms with van der Waals surface area (Å²) in [6.07, 6.45) is 26.2. The van der Waals surface area contributed by atoms with Crippen LogP contribution in [0.2, 0.25) is 0 Å². The summed E-state index contributed by atoms with van der Waals surface area (Å²) in [6.45, 7) is 4.66. The van der Waals surface area contributed by atoms with E-state index < -0.39 is 0 Å². The van der Waals surface area contributed by atoms with Gasteiger partial charge in [0.1, 0.15) is 0 Å². The second kappa shape index (κ2) is 12.6. The van der Waals surface area contributed by atoms with Gasteiger partial charge in [-0.1, -0.05) is 95.2 Å². The van der Waals surface area contributed by atoms with E-state index in [9.17, 15) is 0 Å². The van der Waals surface area contributed by atoms with Gasteiger partial charge in [-0.25, -0.2) is 0 Å². The lowest BCUT2D eigenvalue weighted by molar-refractivity contribution is 0.143. The SMILES string of the molecule is CCCCCc1ccc(/C=C\CCC2CCC(C3CCC(CC)CC3)CC2)cc1. The van der Waals surface area contributed by atoms with Crippen molar-refractivity contribution in [2.45, 2.75) is 110 Å². The van der Waals surface area contributed by atoms with Gasteiger partial charge in [0.05, 0.1) is 0 Å². The van der Waals surface area contributed by atoms with Crippen molar-refractivity contribution in [3.63, 3.8) is 0 Å². The molecule has 0 radical (unpaired) electrons. The van der Waals surface area contributed by atoms with Crippen LogP contribution in [0.4, 0.5) is 0 Å². The minimum atomic E-state index is 0.990. The number of allylic oxidation sites excluding steroid dienone is 1. The molecule has 2 aliphatic rings. The highest BCUT2D eigenvalue weighted by molar-refractivity contribution is 5.49. The van der Waals surface area contributed by atoms with Crippen molar-refractivity contribution in [3.8, 4) is 0 Å². The molecule has 0 aromatic heterocycles. The average molecular weight is 395 g/mol. The molecule has 0 amide bonds.